The van der Waals surface area contributed by atoms with Crippen LogP contribution in [0.2, 0.25) is 0 Å². The normalized spacial score (nSPS) is 34.2. The van der Waals surface area contributed by atoms with Crippen LogP contribution in [0.15, 0.2) is 0 Å². The SMILES string of the molecule is OCC1(CC2CCNCC2)CCCCN1. The highest BCUT2D eigenvalue weighted by Crippen LogP contribution is 2.29. The van der Waals surface area contributed by atoms with E-state index < -0.39 is 0 Å². The first-order valence-corrected chi connectivity index (χ1v) is 6.41. The van der Waals surface area contributed by atoms with Crippen molar-refractivity contribution in [2.45, 2.75) is 44.1 Å². The van der Waals surface area contributed by atoms with Gasteiger partial charge in [0.25, 0.3) is 0 Å². The summed E-state index contributed by atoms with van der Waals surface area (Å²) in [6.45, 7) is 3.72. The molecule has 3 nitrogen and oxygen atoms in total. The lowest BCUT2D eigenvalue weighted by molar-refractivity contribution is 0.0995. The molecule has 2 aliphatic heterocycles. The minimum Gasteiger partial charge on any atom is -0.394 e. The van der Waals surface area contributed by atoms with E-state index in [1.54, 1.807) is 0 Å². The smallest absolute Gasteiger partial charge is 0.0613 e. The average Bonchev–Trinajstić information content (AvgIpc) is 2.32. The maximum atomic E-state index is 9.59. The Morgan fingerprint density at radius 3 is 2.53 bits per heavy atom. The van der Waals surface area contributed by atoms with Crippen LogP contribution in [-0.2, 0) is 0 Å². The predicted molar refractivity (Wildman–Crippen MR) is 61.9 cm³/mol. The summed E-state index contributed by atoms with van der Waals surface area (Å²) in [5.41, 5.74) is 0.0558. The Morgan fingerprint density at radius 1 is 1.13 bits per heavy atom. The summed E-state index contributed by atoms with van der Waals surface area (Å²) in [7, 11) is 0. The van der Waals surface area contributed by atoms with Crippen LogP contribution in [0.25, 0.3) is 0 Å². The van der Waals surface area contributed by atoms with Crippen LogP contribution in [-0.4, -0.2) is 36.9 Å². The van der Waals surface area contributed by atoms with Gasteiger partial charge in [0.05, 0.1) is 6.61 Å². The highest BCUT2D eigenvalue weighted by Gasteiger charge is 2.33. The molecule has 0 aromatic carbocycles. The van der Waals surface area contributed by atoms with Crippen LogP contribution in [0, 0.1) is 5.92 Å². The van der Waals surface area contributed by atoms with Crippen molar-refractivity contribution in [1.29, 1.82) is 0 Å². The molecule has 3 heteroatoms. The lowest BCUT2D eigenvalue weighted by Crippen LogP contribution is -2.53. The van der Waals surface area contributed by atoms with Crippen LogP contribution in [0.1, 0.15) is 38.5 Å². The maximum absolute atomic E-state index is 9.59. The number of piperidine rings is 2. The molecular weight excluding hydrogens is 188 g/mol. The molecule has 1 unspecified atom stereocenters. The molecule has 1 atom stereocenters. The van der Waals surface area contributed by atoms with E-state index in [9.17, 15) is 5.11 Å². The van der Waals surface area contributed by atoms with E-state index in [1.807, 2.05) is 0 Å². The van der Waals surface area contributed by atoms with Crippen molar-refractivity contribution in [3.05, 3.63) is 0 Å². The van der Waals surface area contributed by atoms with E-state index in [0.29, 0.717) is 6.61 Å². The Labute approximate surface area is 92.6 Å². The zero-order valence-electron chi connectivity index (χ0n) is 9.60. The van der Waals surface area contributed by atoms with Gasteiger partial charge in [0.2, 0.25) is 0 Å². The fraction of sp³-hybridized carbons (Fsp3) is 1.00. The molecule has 0 aromatic heterocycles. The molecule has 0 spiro atoms. The zero-order valence-corrected chi connectivity index (χ0v) is 9.60. The molecule has 0 saturated carbocycles. The maximum Gasteiger partial charge on any atom is 0.0613 e. The molecule has 2 aliphatic rings. The molecule has 2 rings (SSSR count). The van der Waals surface area contributed by atoms with Gasteiger partial charge in [0, 0.05) is 5.54 Å². The Hall–Kier alpha value is -0.120. The molecule has 0 aromatic rings. The molecule has 0 amide bonds. The van der Waals surface area contributed by atoms with Crippen molar-refractivity contribution in [1.82, 2.24) is 10.6 Å². The van der Waals surface area contributed by atoms with E-state index in [-0.39, 0.29) is 5.54 Å². The number of aliphatic hydroxyl groups excluding tert-OH is 1. The third kappa shape index (κ3) is 2.92. The van der Waals surface area contributed by atoms with Gasteiger partial charge in [-0.25, -0.2) is 0 Å². The predicted octanol–water partition coefficient (Wildman–Crippen LogP) is 0.881. The van der Waals surface area contributed by atoms with Gasteiger partial charge in [0.1, 0.15) is 0 Å². The van der Waals surface area contributed by atoms with Crippen LogP contribution in [0.5, 0.6) is 0 Å². The van der Waals surface area contributed by atoms with Gasteiger partial charge in [-0.05, 0) is 57.7 Å². The highest BCUT2D eigenvalue weighted by molar-refractivity contribution is 4.93. The lowest BCUT2D eigenvalue weighted by atomic mass is 9.78. The quantitative estimate of drug-likeness (QED) is 0.651. The van der Waals surface area contributed by atoms with E-state index in [0.717, 1.165) is 32.0 Å². The molecule has 88 valence electrons. The van der Waals surface area contributed by atoms with E-state index >= 15 is 0 Å². The molecule has 3 N–H and O–H groups in total. The molecular formula is C12H24N2O. The molecule has 2 saturated heterocycles. The number of rotatable bonds is 3. The molecule has 2 heterocycles. The molecule has 15 heavy (non-hydrogen) atoms. The van der Waals surface area contributed by atoms with Gasteiger partial charge in [-0.2, -0.15) is 0 Å². The van der Waals surface area contributed by atoms with Gasteiger partial charge in [-0.15, -0.1) is 0 Å². The Bertz CT molecular complexity index is 184. The second-order valence-corrected chi connectivity index (χ2v) is 5.22. The van der Waals surface area contributed by atoms with E-state index in [2.05, 4.69) is 10.6 Å². The Balaban J connectivity index is 1.87. The van der Waals surface area contributed by atoms with Crippen molar-refractivity contribution in [2.75, 3.05) is 26.2 Å². The third-order valence-electron chi connectivity index (χ3n) is 4.02. The Kier molecular flexibility index (Phi) is 4.00. The fourth-order valence-corrected chi connectivity index (χ4v) is 3.04. The third-order valence-corrected chi connectivity index (χ3v) is 4.02. The van der Waals surface area contributed by atoms with Gasteiger partial charge in [0.15, 0.2) is 0 Å². The van der Waals surface area contributed by atoms with E-state index in [1.165, 1.54) is 32.1 Å². The molecule has 2 fully saturated rings. The second kappa shape index (κ2) is 5.28. The lowest BCUT2D eigenvalue weighted by Gasteiger charge is -2.40. The minimum atomic E-state index is 0.0558. The summed E-state index contributed by atoms with van der Waals surface area (Å²) in [4.78, 5) is 0. The van der Waals surface area contributed by atoms with Crippen LogP contribution >= 0.6 is 0 Å². The summed E-state index contributed by atoms with van der Waals surface area (Å²) < 4.78 is 0. The van der Waals surface area contributed by atoms with Crippen molar-refractivity contribution in [3.63, 3.8) is 0 Å². The topological polar surface area (TPSA) is 44.3 Å². The van der Waals surface area contributed by atoms with Gasteiger partial charge in [-0.3, -0.25) is 0 Å². The first-order valence-electron chi connectivity index (χ1n) is 6.41. The van der Waals surface area contributed by atoms with Crippen LogP contribution in [0.3, 0.4) is 0 Å². The first kappa shape index (κ1) is 11.4. The highest BCUT2D eigenvalue weighted by atomic mass is 16.3. The number of nitrogens with one attached hydrogen (secondary N) is 2. The summed E-state index contributed by atoms with van der Waals surface area (Å²) in [5, 5.41) is 16.6. The number of hydrogen-bond acceptors (Lipinski definition) is 3. The summed E-state index contributed by atoms with van der Waals surface area (Å²) in [6.07, 6.45) is 7.44. The van der Waals surface area contributed by atoms with Crippen molar-refractivity contribution < 1.29 is 5.11 Å². The van der Waals surface area contributed by atoms with Crippen LogP contribution in [0.4, 0.5) is 0 Å². The average molecular weight is 212 g/mol. The van der Waals surface area contributed by atoms with Gasteiger partial charge in [-0.1, -0.05) is 6.42 Å². The molecule has 0 radical (unpaired) electrons. The molecule has 0 aliphatic carbocycles. The van der Waals surface area contributed by atoms with Gasteiger partial charge >= 0.3 is 0 Å². The Morgan fingerprint density at radius 2 is 1.93 bits per heavy atom. The standard InChI is InChI=1S/C12H24N2O/c15-10-12(5-1-2-6-14-12)9-11-3-7-13-8-4-11/h11,13-15H,1-10H2. The minimum absolute atomic E-state index is 0.0558. The largest absolute Gasteiger partial charge is 0.394 e. The molecule has 0 bridgehead atoms. The number of aliphatic hydroxyl groups is 1. The van der Waals surface area contributed by atoms with Crippen molar-refractivity contribution in [2.24, 2.45) is 5.92 Å². The fourth-order valence-electron chi connectivity index (χ4n) is 3.04. The van der Waals surface area contributed by atoms with Crippen molar-refractivity contribution in [3.8, 4) is 0 Å². The van der Waals surface area contributed by atoms with Crippen LogP contribution < -0.4 is 10.6 Å². The number of hydrogen-bond donors (Lipinski definition) is 3. The van der Waals surface area contributed by atoms with E-state index in [4.69, 9.17) is 0 Å². The summed E-state index contributed by atoms with van der Waals surface area (Å²) in [5.74, 6) is 0.809. The zero-order chi connectivity index (χ0) is 10.6. The first-order chi connectivity index (χ1) is 7.35. The monoisotopic (exact) mass is 212 g/mol. The summed E-state index contributed by atoms with van der Waals surface area (Å²) in [6, 6.07) is 0. The van der Waals surface area contributed by atoms with Crippen molar-refractivity contribution >= 4 is 0 Å². The summed E-state index contributed by atoms with van der Waals surface area (Å²) >= 11 is 0. The van der Waals surface area contributed by atoms with Gasteiger partial charge < -0.3 is 15.7 Å². The second-order valence-electron chi connectivity index (χ2n) is 5.22.